The Morgan fingerprint density at radius 1 is 1.25 bits per heavy atom. The van der Waals surface area contributed by atoms with E-state index in [4.69, 9.17) is 0 Å². The standard InChI is InChI=1S/C19H23N3OS/c1-5-6-11-22-16-10-8-7-9-15(16)12(2)17(22)18(23)21-19-20-13(3)14(4)24-19/h7-10H,5-6,11H2,1-4H3,(H,20,21,23). The second kappa shape index (κ2) is 6.77. The molecule has 0 bridgehead atoms. The number of fused-ring (bicyclic) bond motifs is 1. The van der Waals surface area contributed by atoms with Gasteiger partial charge in [-0.15, -0.1) is 11.3 Å². The summed E-state index contributed by atoms with van der Waals surface area (Å²) in [4.78, 5) is 18.5. The van der Waals surface area contributed by atoms with Crippen LogP contribution in [0.2, 0.25) is 0 Å². The van der Waals surface area contributed by atoms with Gasteiger partial charge in [0.15, 0.2) is 5.13 Å². The van der Waals surface area contributed by atoms with E-state index >= 15 is 0 Å². The number of hydrogen-bond acceptors (Lipinski definition) is 3. The Morgan fingerprint density at radius 3 is 2.67 bits per heavy atom. The van der Waals surface area contributed by atoms with E-state index in [-0.39, 0.29) is 5.91 Å². The van der Waals surface area contributed by atoms with Crippen molar-refractivity contribution in [1.29, 1.82) is 0 Å². The first-order valence-corrected chi connectivity index (χ1v) is 9.17. The third kappa shape index (κ3) is 2.96. The number of carbonyl (C=O) groups is 1. The number of aryl methyl sites for hydroxylation is 4. The van der Waals surface area contributed by atoms with Gasteiger partial charge >= 0.3 is 0 Å². The van der Waals surface area contributed by atoms with Crippen LogP contribution >= 0.6 is 11.3 Å². The van der Waals surface area contributed by atoms with Crippen molar-refractivity contribution in [3.05, 3.63) is 46.1 Å². The highest BCUT2D eigenvalue weighted by Gasteiger charge is 2.21. The number of carbonyl (C=O) groups excluding carboxylic acids is 1. The van der Waals surface area contributed by atoms with Gasteiger partial charge in [0.25, 0.3) is 5.91 Å². The summed E-state index contributed by atoms with van der Waals surface area (Å²) < 4.78 is 2.15. The first-order chi connectivity index (χ1) is 11.5. The fourth-order valence-corrected chi connectivity index (χ4v) is 3.81. The fourth-order valence-electron chi connectivity index (χ4n) is 3.00. The molecule has 0 atom stereocenters. The zero-order valence-corrected chi connectivity index (χ0v) is 15.5. The average molecular weight is 341 g/mol. The maximum Gasteiger partial charge on any atom is 0.274 e. The Labute approximate surface area is 146 Å². The van der Waals surface area contributed by atoms with Gasteiger partial charge in [0.2, 0.25) is 0 Å². The number of nitrogens with zero attached hydrogens (tertiary/aromatic N) is 2. The summed E-state index contributed by atoms with van der Waals surface area (Å²) in [5, 5.41) is 4.80. The zero-order valence-electron chi connectivity index (χ0n) is 14.6. The number of amides is 1. The minimum absolute atomic E-state index is 0.0754. The van der Waals surface area contributed by atoms with Crippen LogP contribution in [-0.4, -0.2) is 15.5 Å². The van der Waals surface area contributed by atoms with Gasteiger partial charge in [-0.25, -0.2) is 4.98 Å². The minimum atomic E-state index is -0.0754. The average Bonchev–Trinajstić information content (AvgIpc) is 3.02. The number of rotatable bonds is 5. The number of aromatic nitrogens is 2. The van der Waals surface area contributed by atoms with Gasteiger partial charge < -0.3 is 4.57 Å². The molecule has 0 spiro atoms. The van der Waals surface area contributed by atoms with Crippen molar-refractivity contribution in [2.45, 2.75) is 47.1 Å². The Morgan fingerprint density at radius 2 is 2.00 bits per heavy atom. The molecule has 0 radical (unpaired) electrons. The van der Waals surface area contributed by atoms with Gasteiger partial charge in [-0.2, -0.15) is 0 Å². The topological polar surface area (TPSA) is 46.9 Å². The molecule has 0 saturated carbocycles. The molecule has 3 rings (SSSR count). The Hall–Kier alpha value is -2.14. The Kier molecular flexibility index (Phi) is 4.71. The predicted molar refractivity (Wildman–Crippen MR) is 101 cm³/mol. The molecule has 126 valence electrons. The lowest BCUT2D eigenvalue weighted by molar-refractivity contribution is 0.101. The number of nitrogens with one attached hydrogen (secondary N) is 1. The number of anilines is 1. The van der Waals surface area contributed by atoms with Crippen LogP contribution in [0.3, 0.4) is 0 Å². The molecule has 0 aliphatic heterocycles. The third-order valence-electron chi connectivity index (χ3n) is 4.42. The molecule has 24 heavy (non-hydrogen) atoms. The van der Waals surface area contributed by atoms with E-state index < -0.39 is 0 Å². The summed E-state index contributed by atoms with van der Waals surface area (Å²) in [6.45, 7) is 9.03. The van der Waals surface area contributed by atoms with E-state index in [0.29, 0.717) is 5.13 Å². The highest BCUT2D eigenvalue weighted by molar-refractivity contribution is 7.15. The van der Waals surface area contributed by atoms with Crippen LogP contribution in [0.5, 0.6) is 0 Å². The number of para-hydroxylation sites is 1. The summed E-state index contributed by atoms with van der Waals surface area (Å²) in [6.07, 6.45) is 2.14. The number of thiazole rings is 1. The lowest BCUT2D eigenvalue weighted by Gasteiger charge is -2.10. The number of unbranched alkanes of at least 4 members (excludes halogenated alkanes) is 1. The molecular weight excluding hydrogens is 318 g/mol. The molecule has 1 amide bonds. The van der Waals surface area contributed by atoms with E-state index in [2.05, 4.69) is 33.9 Å². The van der Waals surface area contributed by atoms with Crippen LogP contribution in [0.25, 0.3) is 10.9 Å². The van der Waals surface area contributed by atoms with Crippen molar-refractivity contribution in [2.75, 3.05) is 5.32 Å². The molecule has 0 aliphatic rings. The van der Waals surface area contributed by atoms with E-state index in [1.165, 1.54) is 11.3 Å². The molecule has 5 heteroatoms. The lowest BCUT2D eigenvalue weighted by Crippen LogP contribution is -2.18. The van der Waals surface area contributed by atoms with Crippen LogP contribution < -0.4 is 5.32 Å². The zero-order chi connectivity index (χ0) is 17.3. The molecular formula is C19H23N3OS. The molecule has 2 aromatic heterocycles. The lowest BCUT2D eigenvalue weighted by atomic mass is 10.1. The van der Waals surface area contributed by atoms with Crippen LogP contribution in [-0.2, 0) is 6.54 Å². The van der Waals surface area contributed by atoms with Crippen LogP contribution in [0, 0.1) is 20.8 Å². The first-order valence-electron chi connectivity index (χ1n) is 8.36. The summed E-state index contributed by atoms with van der Waals surface area (Å²) in [7, 11) is 0. The summed E-state index contributed by atoms with van der Waals surface area (Å²) in [5.74, 6) is -0.0754. The SMILES string of the molecule is CCCCn1c(C(=O)Nc2nc(C)c(C)s2)c(C)c2ccccc21. The smallest absolute Gasteiger partial charge is 0.274 e. The highest BCUT2D eigenvalue weighted by Crippen LogP contribution is 2.28. The van der Waals surface area contributed by atoms with Crippen molar-refractivity contribution >= 4 is 33.3 Å². The van der Waals surface area contributed by atoms with Gasteiger partial charge in [0, 0.05) is 22.3 Å². The van der Waals surface area contributed by atoms with Gasteiger partial charge in [-0.3, -0.25) is 10.1 Å². The van der Waals surface area contributed by atoms with E-state index in [1.807, 2.05) is 32.9 Å². The number of hydrogen-bond donors (Lipinski definition) is 1. The minimum Gasteiger partial charge on any atom is -0.336 e. The van der Waals surface area contributed by atoms with E-state index in [9.17, 15) is 4.79 Å². The predicted octanol–water partition coefficient (Wildman–Crippen LogP) is 5.08. The van der Waals surface area contributed by atoms with Gasteiger partial charge in [0.1, 0.15) is 5.69 Å². The van der Waals surface area contributed by atoms with Crippen molar-refractivity contribution in [3.63, 3.8) is 0 Å². The molecule has 3 aromatic rings. The van der Waals surface area contributed by atoms with E-state index in [0.717, 1.165) is 52.1 Å². The molecule has 0 fully saturated rings. The maximum absolute atomic E-state index is 12.9. The van der Waals surface area contributed by atoms with Crippen molar-refractivity contribution < 1.29 is 4.79 Å². The normalized spacial score (nSPS) is 11.2. The van der Waals surface area contributed by atoms with Crippen molar-refractivity contribution in [3.8, 4) is 0 Å². The second-order valence-electron chi connectivity index (χ2n) is 6.11. The molecule has 0 unspecified atom stereocenters. The monoisotopic (exact) mass is 341 g/mol. The van der Waals surface area contributed by atoms with Crippen LogP contribution in [0.1, 0.15) is 46.4 Å². The quantitative estimate of drug-likeness (QED) is 0.704. The molecule has 2 heterocycles. The molecule has 0 saturated heterocycles. The van der Waals surface area contributed by atoms with Gasteiger partial charge in [-0.05, 0) is 38.8 Å². The molecule has 0 aliphatic carbocycles. The maximum atomic E-state index is 12.9. The Bertz CT molecular complexity index is 872. The highest BCUT2D eigenvalue weighted by atomic mass is 32.1. The van der Waals surface area contributed by atoms with Crippen molar-refractivity contribution in [1.82, 2.24) is 9.55 Å². The molecule has 1 aromatic carbocycles. The van der Waals surface area contributed by atoms with Crippen LogP contribution in [0.15, 0.2) is 24.3 Å². The Balaban J connectivity index is 2.03. The third-order valence-corrected chi connectivity index (χ3v) is 5.41. The summed E-state index contributed by atoms with van der Waals surface area (Å²) >= 11 is 1.52. The van der Waals surface area contributed by atoms with Gasteiger partial charge in [0.05, 0.1) is 5.69 Å². The van der Waals surface area contributed by atoms with Crippen LogP contribution in [0.4, 0.5) is 5.13 Å². The molecule has 1 N–H and O–H groups in total. The fraction of sp³-hybridized carbons (Fsp3) is 0.368. The second-order valence-corrected chi connectivity index (χ2v) is 7.31. The van der Waals surface area contributed by atoms with Crippen molar-refractivity contribution in [2.24, 2.45) is 0 Å². The molecule has 4 nitrogen and oxygen atoms in total. The van der Waals surface area contributed by atoms with E-state index in [1.54, 1.807) is 0 Å². The summed E-state index contributed by atoms with van der Waals surface area (Å²) in [5.41, 5.74) is 3.87. The summed E-state index contributed by atoms with van der Waals surface area (Å²) in [6, 6.07) is 8.22. The largest absolute Gasteiger partial charge is 0.336 e. The number of benzene rings is 1. The first kappa shape index (κ1) is 16.7. The van der Waals surface area contributed by atoms with Gasteiger partial charge in [-0.1, -0.05) is 31.5 Å².